The van der Waals surface area contributed by atoms with Crippen molar-refractivity contribution >= 4 is 39.8 Å². The Morgan fingerprint density at radius 3 is 2.50 bits per heavy atom. The monoisotopic (exact) mass is 523 g/mol. The van der Waals surface area contributed by atoms with Gasteiger partial charge in [-0.1, -0.05) is 18.2 Å². The molecule has 0 atom stereocenters. The zero-order valence-corrected chi connectivity index (χ0v) is 20.9. The summed E-state index contributed by atoms with van der Waals surface area (Å²) in [4.78, 5) is 6.81. The largest absolute Gasteiger partial charge is 0.488 e. The average molecular weight is 523 g/mol. The normalized spacial score (nSPS) is 18.9. The first-order chi connectivity index (χ1) is 12.5. The van der Waals surface area contributed by atoms with Crippen molar-refractivity contribution in [3.8, 4) is 5.75 Å². The van der Waals surface area contributed by atoms with Crippen LogP contribution in [0.1, 0.15) is 47.1 Å². The Morgan fingerprint density at radius 2 is 1.93 bits per heavy atom. The molecule has 1 aliphatic rings. The molecule has 6 nitrogen and oxygen atoms in total. The van der Waals surface area contributed by atoms with Gasteiger partial charge in [-0.3, -0.25) is 0 Å². The van der Waals surface area contributed by atoms with Gasteiger partial charge in [-0.05, 0) is 47.6 Å². The molecule has 1 aromatic rings. The Morgan fingerprint density at radius 1 is 1.29 bits per heavy atom. The third-order valence-corrected chi connectivity index (χ3v) is 7.00. The van der Waals surface area contributed by atoms with Gasteiger partial charge in [-0.15, -0.1) is 24.0 Å². The molecule has 0 saturated carbocycles. The van der Waals surface area contributed by atoms with Crippen molar-refractivity contribution < 1.29 is 13.2 Å². The van der Waals surface area contributed by atoms with Gasteiger partial charge in [0.2, 0.25) is 0 Å². The molecular weight excluding hydrogens is 489 g/mol. The molecule has 1 N–H and O–H groups in total. The number of guanidine groups is 1. The number of hydrogen-bond donors (Lipinski definition) is 1. The summed E-state index contributed by atoms with van der Waals surface area (Å²) in [5.74, 6) is 1.71. The third-order valence-electron chi connectivity index (χ3n) is 4.47. The van der Waals surface area contributed by atoms with Crippen LogP contribution in [0.15, 0.2) is 29.3 Å². The summed E-state index contributed by atoms with van der Waals surface area (Å²) < 4.78 is 29.8. The Hall–Kier alpha value is -1.03. The van der Waals surface area contributed by atoms with Gasteiger partial charge >= 0.3 is 0 Å². The SMILES string of the molecule is CCNC(=NCc1ccccc1OC(C)(C)C)N1CCS(=O)(=O)C(C)(C)C1.I. The maximum atomic E-state index is 12.3. The molecule has 0 unspecified atom stereocenters. The van der Waals surface area contributed by atoms with E-state index < -0.39 is 14.6 Å². The molecule has 8 heteroatoms. The molecule has 1 saturated heterocycles. The van der Waals surface area contributed by atoms with E-state index in [0.717, 1.165) is 23.8 Å². The summed E-state index contributed by atoms with van der Waals surface area (Å²) in [6.07, 6.45) is 0. The van der Waals surface area contributed by atoms with E-state index in [1.165, 1.54) is 0 Å². The fourth-order valence-corrected chi connectivity index (χ4v) is 4.34. The maximum absolute atomic E-state index is 12.3. The van der Waals surface area contributed by atoms with Gasteiger partial charge in [0.1, 0.15) is 11.4 Å². The van der Waals surface area contributed by atoms with Crippen molar-refractivity contribution in [2.24, 2.45) is 4.99 Å². The summed E-state index contributed by atoms with van der Waals surface area (Å²) in [6.45, 7) is 13.7. The Kier molecular flexibility index (Phi) is 8.62. The average Bonchev–Trinajstić information content (AvgIpc) is 2.54. The van der Waals surface area contributed by atoms with E-state index in [1.807, 2.05) is 56.9 Å². The summed E-state index contributed by atoms with van der Waals surface area (Å²) >= 11 is 0. The fourth-order valence-electron chi connectivity index (χ4n) is 2.97. The summed E-state index contributed by atoms with van der Waals surface area (Å²) in [5, 5.41) is 3.30. The van der Waals surface area contributed by atoms with E-state index in [-0.39, 0.29) is 35.3 Å². The second kappa shape index (κ2) is 9.65. The summed E-state index contributed by atoms with van der Waals surface area (Å²) in [7, 11) is -3.08. The standard InChI is InChI=1S/C20H33N3O3S.HI/c1-7-21-18(23-12-13-27(24,25)20(5,6)15-23)22-14-16-10-8-9-11-17(16)26-19(2,3)4;/h8-11H,7,12-15H2,1-6H3,(H,21,22);1H. The number of halogens is 1. The van der Waals surface area contributed by atoms with E-state index in [0.29, 0.717) is 19.6 Å². The molecule has 28 heavy (non-hydrogen) atoms. The van der Waals surface area contributed by atoms with Gasteiger partial charge in [0, 0.05) is 25.2 Å². The van der Waals surface area contributed by atoms with Crippen molar-refractivity contribution in [2.45, 2.75) is 58.4 Å². The molecule has 1 fully saturated rings. The number of nitrogens with one attached hydrogen (secondary N) is 1. The van der Waals surface area contributed by atoms with Crippen molar-refractivity contribution in [1.82, 2.24) is 10.2 Å². The molecule has 0 spiro atoms. The second-order valence-electron chi connectivity index (χ2n) is 8.49. The molecule has 1 aliphatic heterocycles. The minimum Gasteiger partial charge on any atom is -0.488 e. The highest BCUT2D eigenvalue weighted by molar-refractivity contribution is 14.0. The molecule has 1 heterocycles. The Labute approximate surface area is 187 Å². The topological polar surface area (TPSA) is 71.0 Å². The van der Waals surface area contributed by atoms with Crippen molar-refractivity contribution in [3.05, 3.63) is 29.8 Å². The van der Waals surface area contributed by atoms with Crippen LogP contribution in [0.4, 0.5) is 0 Å². The van der Waals surface area contributed by atoms with E-state index in [9.17, 15) is 8.42 Å². The lowest BCUT2D eigenvalue weighted by atomic mass is 10.1. The highest BCUT2D eigenvalue weighted by Gasteiger charge is 2.40. The van der Waals surface area contributed by atoms with Gasteiger partial charge in [-0.2, -0.15) is 0 Å². The lowest BCUT2D eigenvalue weighted by molar-refractivity contribution is 0.129. The van der Waals surface area contributed by atoms with Crippen molar-refractivity contribution in [2.75, 3.05) is 25.4 Å². The van der Waals surface area contributed by atoms with Crippen LogP contribution in [0, 0.1) is 0 Å². The van der Waals surface area contributed by atoms with Gasteiger partial charge in [0.15, 0.2) is 15.8 Å². The highest BCUT2D eigenvalue weighted by atomic mass is 127. The molecule has 0 aromatic heterocycles. The zero-order chi connectivity index (χ0) is 20.3. The number of aliphatic imine (C=N–C) groups is 1. The van der Waals surface area contributed by atoms with Crippen molar-refractivity contribution in [3.63, 3.8) is 0 Å². The fraction of sp³-hybridized carbons (Fsp3) is 0.650. The van der Waals surface area contributed by atoms with Crippen LogP contribution in [0.5, 0.6) is 5.75 Å². The van der Waals surface area contributed by atoms with Crippen LogP contribution >= 0.6 is 24.0 Å². The molecule has 1 aromatic carbocycles. The van der Waals surface area contributed by atoms with E-state index >= 15 is 0 Å². The molecular formula is C20H34IN3O3S. The van der Waals surface area contributed by atoms with Crippen LogP contribution in [0.25, 0.3) is 0 Å². The van der Waals surface area contributed by atoms with Gasteiger partial charge in [0.25, 0.3) is 0 Å². The van der Waals surface area contributed by atoms with Crippen molar-refractivity contribution in [1.29, 1.82) is 0 Å². The first-order valence-corrected chi connectivity index (χ1v) is 11.1. The third kappa shape index (κ3) is 6.50. The van der Waals surface area contributed by atoms with Crippen LogP contribution < -0.4 is 10.1 Å². The smallest absolute Gasteiger partial charge is 0.194 e. The van der Waals surface area contributed by atoms with Gasteiger partial charge < -0.3 is 15.0 Å². The molecule has 0 aliphatic carbocycles. The first kappa shape index (κ1) is 25.0. The molecule has 0 bridgehead atoms. The Bertz CT molecular complexity index is 786. The molecule has 0 amide bonds. The lowest BCUT2D eigenvalue weighted by Crippen LogP contribution is -2.57. The second-order valence-corrected chi connectivity index (χ2v) is 11.2. The number of ether oxygens (including phenoxy) is 1. The van der Waals surface area contributed by atoms with Crippen LogP contribution in [0.3, 0.4) is 0 Å². The number of rotatable bonds is 4. The Balaban J connectivity index is 0.00000392. The first-order valence-electron chi connectivity index (χ1n) is 9.48. The summed E-state index contributed by atoms with van der Waals surface area (Å²) in [6, 6.07) is 7.90. The van der Waals surface area contributed by atoms with Crippen LogP contribution in [-0.2, 0) is 16.4 Å². The van der Waals surface area contributed by atoms with E-state index in [1.54, 1.807) is 13.8 Å². The number of benzene rings is 1. The minimum absolute atomic E-state index is 0. The summed E-state index contributed by atoms with van der Waals surface area (Å²) in [5.41, 5.74) is 0.724. The number of nitrogens with zero attached hydrogens (tertiary/aromatic N) is 2. The van der Waals surface area contributed by atoms with Gasteiger partial charge in [0.05, 0.1) is 17.0 Å². The van der Waals surface area contributed by atoms with Crippen LogP contribution in [0.2, 0.25) is 0 Å². The maximum Gasteiger partial charge on any atom is 0.194 e. The minimum atomic E-state index is -3.08. The van der Waals surface area contributed by atoms with Crippen LogP contribution in [-0.4, -0.2) is 55.0 Å². The highest BCUT2D eigenvalue weighted by Crippen LogP contribution is 2.25. The predicted molar refractivity (Wildman–Crippen MR) is 126 cm³/mol. The van der Waals surface area contributed by atoms with Gasteiger partial charge in [-0.25, -0.2) is 13.4 Å². The van der Waals surface area contributed by atoms with E-state index in [2.05, 4.69) is 5.32 Å². The van der Waals surface area contributed by atoms with E-state index in [4.69, 9.17) is 9.73 Å². The molecule has 2 rings (SSSR count). The molecule has 160 valence electrons. The number of sulfone groups is 1. The zero-order valence-electron chi connectivity index (χ0n) is 17.8. The number of para-hydroxylation sites is 1. The quantitative estimate of drug-likeness (QED) is 0.372. The molecule has 0 radical (unpaired) electrons. The predicted octanol–water partition coefficient (Wildman–Crippen LogP) is 3.46. The number of hydrogen-bond acceptors (Lipinski definition) is 4. The lowest BCUT2D eigenvalue weighted by Gasteiger charge is -2.39.